The molecule has 1 fully saturated rings. The predicted octanol–water partition coefficient (Wildman–Crippen LogP) is 5.56. The number of rotatable bonds is 6. The van der Waals surface area contributed by atoms with Gasteiger partial charge < -0.3 is 5.32 Å². The molecule has 1 aliphatic rings. The molecule has 0 saturated heterocycles. The van der Waals surface area contributed by atoms with E-state index >= 15 is 0 Å². The minimum absolute atomic E-state index is 0.558. The van der Waals surface area contributed by atoms with Crippen LogP contribution in [-0.2, 0) is 0 Å². The van der Waals surface area contributed by atoms with Crippen molar-refractivity contribution in [1.29, 1.82) is 0 Å². The highest BCUT2D eigenvalue weighted by atomic mass is 14.9. The van der Waals surface area contributed by atoms with Gasteiger partial charge in [-0.25, -0.2) is 0 Å². The number of aryl methyl sites for hydroxylation is 2. The van der Waals surface area contributed by atoms with Crippen LogP contribution in [0.15, 0.2) is 18.2 Å². The highest BCUT2D eigenvalue weighted by Crippen LogP contribution is 2.39. The summed E-state index contributed by atoms with van der Waals surface area (Å²) in [7, 11) is 0. The van der Waals surface area contributed by atoms with Gasteiger partial charge in [-0.1, -0.05) is 56.9 Å². The fourth-order valence-electron chi connectivity index (χ4n) is 3.86. The molecular weight excluding hydrogens is 254 g/mol. The molecular formula is C20H33N. The lowest BCUT2D eigenvalue weighted by atomic mass is 9.75. The van der Waals surface area contributed by atoms with E-state index in [9.17, 15) is 0 Å². The molecule has 0 bridgehead atoms. The van der Waals surface area contributed by atoms with E-state index in [1.54, 1.807) is 5.56 Å². The maximum atomic E-state index is 3.86. The summed E-state index contributed by atoms with van der Waals surface area (Å²) in [4.78, 5) is 0. The molecule has 1 nitrogen and oxygen atoms in total. The average Bonchev–Trinajstić information content (AvgIpc) is 2.51. The maximum absolute atomic E-state index is 3.86. The molecule has 0 amide bonds. The van der Waals surface area contributed by atoms with E-state index in [4.69, 9.17) is 0 Å². The van der Waals surface area contributed by atoms with E-state index in [0.717, 1.165) is 18.4 Å². The molecule has 0 heterocycles. The van der Waals surface area contributed by atoms with E-state index < -0.39 is 0 Å². The van der Waals surface area contributed by atoms with Crippen LogP contribution in [0.4, 0.5) is 0 Å². The minimum Gasteiger partial charge on any atom is -0.310 e. The largest absolute Gasteiger partial charge is 0.310 e. The Bertz CT molecular complexity index is 429. The van der Waals surface area contributed by atoms with Crippen molar-refractivity contribution in [3.8, 4) is 0 Å². The molecule has 1 aliphatic carbocycles. The minimum atomic E-state index is 0.558. The zero-order valence-electron chi connectivity index (χ0n) is 14.4. The highest BCUT2D eigenvalue weighted by molar-refractivity contribution is 5.33. The van der Waals surface area contributed by atoms with Crippen LogP contribution < -0.4 is 5.32 Å². The third-order valence-electron chi connectivity index (χ3n) is 5.32. The van der Waals surface area contributed by atoms with Crippen LogP contribution in [0.5, 0.6) is 0 Å². The normalized spacial score (nSPS) is 24.0. The van der Waals surface area contributed by atoms with Gasteiger partial charge in [0.2, 0.25) is 0 Å². The first-order chi connectivity index (χ1) is 10.2. The van der Waals surface area contributed by atoms with Gasteiger partial charge in [0.25, 0.3) is 0 Å². The first-order valence-corrected chi connectivity index (χ1v) is 8.96. The van der Waals surface area contributed by atoms with Crippen molar-refractivity contribution < 1.29 is 0 Å². The molecule has 1 N–H and O–H groups in total. The molecule has 1 heteroatoms. The summed E-state index contributed by atoms with van der Waals surface area (Å²) in [6.45, 7) is 10.2. The molecule has 0 aromatic heterocycles. The van der Waals surface area contributed by atoms with Crippen molar-refractivity contribution >= 4 is 0 Å². The van der Waals surface area contributed by atoms with Crippen molar-refractivity contribution in [1.82, 2.24) is 5.32 Å². The Morgan fingerprint density at radius 1 is 1.10 bits per heavy atom. The van der Waals surface area contributed by atoms with Gasteiger partial charge >= 0.3 is 0 Å². The summed E-state index contributed by atoms with van der Waals surface area (Å²) in [5.74, 6) is 1.80. The smallest absolute Gasteiger partial charge is 0.0351 e. The molecule has 1 atom stereocenters. The van der Waals surface area contributed by atoms with Gasteiger partial charge in [-0.05, 0) is 62.6 Å². The van der Waals surface area contributed by atoms with E-state index in [-0.39, 0.29) is 0 Å². The third-order valence-corrected chi connectivity index (χ3v) is 5.32. The zero-order chi connectivity index (χ0) is 15.2. The first kappa shape index (κ1) is 16.5. The molecule has 118 valence electrons. The molecule has 0 radical (unpaired) electrons. The molecule has 0 spiro atoms. The Kier molecular flexibility index (Phi) is 6.29. The van der Waals surface area contributed by atoms with Gasteiger partial charge in [0, 0.05) is 6.04 Å². The lowest BCUT2D eigenvalue weighted by molar-refractivity contribution is 0.218. The number of hydrogen-bond acceptors (Lipinski definition) is 1. The Morgan fingerprint density at radius 3 is 2.43 bits per heavy atom. The fraction of sp³-hybridized carbons (Fsp3) is 0.700. The second-order valence-corrected chi connectivity index (χ2v) is 6.98. The lowest BCUT2D eigenvalue weighted by Gasteiger charge is -2.35. The summed E-state index contributed by atoms with van der Waals surface area (Å²) in [5, 5.41) is 3.86. The van der Waals surface area contributed by atoms with Gasteiger partial charge in [0.05, 0.1) is 0 Å². The standard InChI is InChI=1S/C20H33N/c1-5-13-21-20(18-11-9-17(6-2)10-12-18)19-14-15(3)7-8-16(19)4/h7-8,14,17-18,20-21H,5-6,9-13H2,1-4H3. The van der Waals surface area contributed by atoms with Crippen LogP contribution in [0.2, 0.25) is 0 Å². The Hall–Kier alpha value is -0.820. The molecule has 1 aromatic rings. The number of benzene rings is 1. The van der Waals surface area contributed by atoms with Gasteiger partial charge in [-0.15, -0.1) is 0 Å². The van der Waals surface area contributed by atoms with E-state index in [2.05, 4.69) is 51.2 Å². The molecule has 21 heavy (non-hydrogen) atoms. The van der Waals surface area contributed by atoms with Crippen LogP contribution in [0.3, 0.4) is 0 Å². The fourth-order valence-corrected chi connectivity index (χ4v) is 3.86. The van der Waals surface area contributed by atoms with Crippen LogP contribution >= 0.6 is 0 Å². The summed E-state index contributed by atoms with van der Waals surface area (Å²) >= 11 is 0. The lowest BCUT2D eigenvalue weighted by Crippen LogP contribution is -2.32. The molecule has 1 aromatic carbocycles. The van der Waals surface area contributed by atoms with Gasteiger partial charge in [-0.3, -0.25) is 0 Å². The van der Waals surface area contributed by atoms with Crippen molar-refractivity contribution in [2.75, 3.05) is 6.54 Å². The van der Waals surface area contributed by atoms with Crippen LogP contribution in [0.1, 0.15) is 75.1 Å². The second-order valence-electron chi connectivity index (χ2n) is 6.98. The summed E-state index contributed by atoms with van der Waals surface area (Å²) in [6, 6.07) is 7.50. The summed E-state index contributed by atoms with van der Waals surface area (Å²) in [6.07, 6.45) is 8.22. The maximum Gasteiger partial charge on any atom is 0.0351 e. The quantitative estimate of drug-likeness (QED) is 0.722. The SMILES string of the molecule is CCCNC(c1cc(C)ccc1C)C1CCC(CC)CC1. The third kappa shape index (κ3) is 4.32. The van der Waals surface area contributed by atoms with Gasteiger partial charge in [0.15, 0.2) is 0 Å². The first-order valence-electron chi connectivity index (χ1n) is 8.96. The van der Waals surface area contributed by atoms with Gasteiger partial charge in [-0.2, -0.15) is 0 Å². The summed E-state index contributed by atoms with van der Waals surface area (Å²) < 4.78 is 0. The van der Waals surface area contributed by atoms with Crippen molar-refractivity contribution in [2.24, 2.45) is 11.8 Å². The van der Waals surface area contributed by atoms with Crippen LogP contribution in [-0.4, -0.2) is 6.54 Å². The van der Waals surface area contributed by atoms with Gasteiger partial charge in [0.1, 0.15) is 0 Å². The predicted molar refractivity (Wildman–Crippen MR) is 92.7 cm³/mol. The van der Waals surface area contributed by atoms with E-state index in [1.165, 1.54) is 49.7 Å². The second kappa shape index (κ2) is 7.98. The number of hydrogen-bond donors (Lipinski definition) is 1. The average molecular weight is 287 g/mol. The van der Waals surface area contributed by atoms with Crippen LogP contribution in [0, 0.1) is 25.7 Å². The topological polar surface area (TPSA) is 12.0 Å². The number of nitrogens with one attached hydrogen (secondary N) is 1. The Morgan fingerprint density at radius 2 is 1.81 bits per heavy atom. The van der Waals surface area contributed by atoms with E-state index in [0.29, 0.717) is 6.04 Å². The monoisotopic (exact) mass is 287 g/mol. The molecule has 1 unspecified atom stereocenters. The highest BCUT2D eigenvalue weighted by Gasteiger charge is 2.28. The molecule has 1 saturated carbocycles. The molecule has 0 aliphatic heterocycles. The summed E-state index contributed by atoms with van der Waals surface area (Å²) in [5.41, 5.74) is 4.39. The zero-order valence-corrected chi connectivity index (χ0v) is 14.4. The van der Waals surface area contributed by atoms with Crippen LogP contribution in [0.25, 0.3) is 0 Å². The van der Waals surface area contributed by atoms with Crippen molar-refractivity contribution in [3.05, 3.63) is 34.9 Å². The molecule has 2 rings (SSSR count). The van der Waals surface area contributed by atoms with Crippen molar-refractivity contribution in [2.45, 2.75) is 72.3 Å². The van der Waals surface area contributed by atoms with E-state index in [1.807, 2.05) is 0 Å². The Balaban J connectivity index is 2.16. The Labute approximate surface area is 131 Å². The van der Waals surface area contributed by atoms with Crippen molar-refractivity contribution in [3.63, 3.8) is 0 Å².